The van der Waals surface area contributed by atoms with Crippen LogP contribution in [0.5, 0.6) is 5.75 Å². The Kier molecular flexibility index (Phi) is 5.40. The van der Waals surface area contributed by atoms with Crippen molar-refractivity contribution >= 4 is 17.2 Å². The van der Waals surface area contributed by atoms with E-state index in [0.29, 0.717) is 13.0 Å². The number of amides is 1. The van der Waals surface area contributed by atoms with Crippen LogP contribution in [0.4, 0.5) is 0 Å². The van der Waals surface area contributed by atoms with Crippen LogP contribution in [-0.4, -0.2) is 23.0 Å². The van der Waals surface area contributed by atoms with Gasteiger partial charge in [0.1, 0.15) is 10.8 Å². The van der Waals surface area contributed by atoms with Crippen molar-refractivity contribution in [3.8, 4) is 16.3 Å². The Balaban J connectivity index is 1.64. The second kappa shape index (κ2) is 7.90. The highest BCUT2D eigenvalue weighted by atomic mass is 32.1. The van der Waals surface area contributed by atoms with Gasteiger partial charge in [0.2, 0.25) is 5.91 Å². The fourth-order valence-corrected chi connectivity index (χ4v) is 3.43. The lowest BCUT2D eigenvalue weighted by molar-refractivity contribution is -0.120. The first-order valence-electron chi connectivity index (χ1n) is 7.92. The lowest BCUT2D eigenvalue weighted by atomic mass is 10.2. The first-order valence-corrected chi connectivity index (χ1v) is 8.73. The molecular formula is C19H19N3O2S. The molecule has 0 fully saturated rings. The van der Waals surface area contributed by atoms with Gasteiger partial charge in [-0.1, -0.05) is 0 Å². The van der Waals surface area contributed by atoms with Crippen molar-refractivity contribution in [1.82, 2.24) is 15.3 Å². The molecule has 1 amide bonds. The summed E-state index contributed by atoms with van der Waals surface area (Å²) in [5.41, 5.74) is 2.95. The SMILES string of the molecule is COc1ccc(-c2nc(C)c(CC(=O)NCc3ccncc3)s2)cc1. The average molecular weight is 353 g/mol. The van der Waals surface area contributed by atoms with Crippen LogP contribution in [0.1, 0.15) is 16.1 Å². The number of nitrogens with zero attached hydrogens (tertiary/aromatic N) is 2. The van der Waals surface area contributed by atoms with Gasteiger partial charge in [0.25, 0.3) is 0 Å². The summed E-state index contributed by atoms with van der Waals surface area (Å²) in [6, 6.07) is 11.6. The molecule has 6 heteroatoms. The summed E-state index contributed by atoms with van der Waals surface area (Å²) >= 11 is 1.55. The number of benzene rings is 1. The highest BCUT2D eigenvalue weighted by molar-refractivity contribution is 7.15. The number of nitrogens with one attached hydrogen (secondary N) is 1. The van der Waals surface area contributed by atoms with Crippen LogP contribution in [-0.2, 0) is 17.8 Å². The third kappa shape index (κ3) is 4.42. The van der Waals surface area contributed by atoms with Gasteiger partial charge in [-0.2, -0.15) is 0 Å². The number of rotatable bonds is 6. The summed E-state index contributed by atoms with van der Waals surface area (Å²) < 4.78 is 5.18. The number of aryl methyl sites for hydroxylation is 1. The summed E-state index contributed by atoms with van der Waals surface area (Å²) in [5.74, 6) is 0.803. The van der Waals surface area contributed by atoms with Crippen molar-refractivity contribution in [2.24, 2.45) is 0 Å². The molecule has 1 N–H and O–H groups in total. The highest BCUT2D eigenvalue weighted by Crippen LogP contribution is 2.29. The molecule has 128 valence electrons. The minimum Gasteiger partial charge on any atom is -0.497 e. The number of carbonyl (C=O) groups is 1. The molecule has 0 aliphatic heterocycles. The fraction of sp³-hybridized carbons (Fsp3) is 0.211. The first-order chi connectivity index (χ1) is 12.2. The van der Waals surface area contributed by atoms with Crippen LogP contribution in [0.15, 0.2) is 48.8 Å². The van der Waals surface area contributed by atoms with E-state index in [1.165, 1.54) is 0 Å². The van der Waals surface area contributed by atoms with Gasteiger partial charge in [-0.05, 0) is 48.9 Å². The molecule has 0 bridgehead atoms. The van der Waals surface area contributed by atoms with Crippen molar-refractivity contribution in [1.29, 1.82) is 0 Å². The molecule has 0 aliphatic carbocycles. The summed E-state index contributed by atoms with van der Waals surface area (Å²) in [6.07, 6.45) is 3.77. The van der Waals surface area contributed by atoms with E-state index in [1.807, 2.05) is 43.3 Å². The number of hydrogen-bond acceptors (Lipinski definition) is 5. The molecular weight excluding hydrogens is 334 g/mol. The predicted octanol–water partition coefficient (Wildman–Crippen LogP) is 3.38. The van der Waals surface area contributed by atoms with Crippen molar-refractivity contribution < 1.29 is 9.53 Å². The number of hydrogen-bond donors (Lipinski definition) is 1. The Morgan fingerprint density at radius 2 is 1.88 bits per heavy atom. The molecule has 3 rings (SSSR count). The van der Waals surface area contributed by atoms with Crippen LogP contribution in [0.2, 0.25) is 0 Å². The topological polar surface area (TPSA) is 64.1 Å². The summed E-state index contributed by atoms with van der Waals surface area (Å²) in [4.78, 5) is 21.8. The Labute approximate surface area is 150 Å². The molecule has 0 unspecified atom stereocenters. The summed E-state index contributed by atoms with van der Waals surface area (Å²) in [6.45, 7) is 2.44. The number of methoxy groups -OCH3 is 1. The lowest BCUT2D eigenvalue weighted by Crippen LogP contribution is -2.24. The van der Waals surface area contributed by atoms with E-state index in [9.17, 15) is 4.79 Å². The molecule has 2 aromatic heterocycles. The normalized spacial score (nSPS) is 10.5. The standard InChI is InChI=1S/C19H19N3O2S/c1-13-17(11-18(23)21-12-14-7-9-20-10-8-14)25-19(22-13)15-3-5-16(24-2)6-4-15/h3-10H,11-12H2,1-2H3,(H,21,23). The molecule has 25 heavy (non-hydrogen) atoms. The van der Waals surface area contributed by atoms with E-state index >= 15 is 0 Å². The van der Waals surface area contributed by atoms with Crippen LogP contribution >= 0.6 is 11.3 Å². The summed E-state index contributed by atoms with van der Waals surface area (Å²) in [5, 5.41) is 3.85. The zero-order valence-corrected chi connectivity index (χ0v) is 15.0. The monoisotopic (exact) mass is 353 g/mol. The molecule has 5 nitrogen and oxygen atoms in total. The van der Waals surface area contributed by atoms with Gasteiger partial charge >= 0.3 is 0 Å². The lowest BCUT2D eigenvalue weighted by Gasteiger charge is -2.04. The van der Waals surface area contributed by atoms with E-state index in [0.717, 1.165) is 32.5 Å². The van der Waals surface area contributed by atoms with Crippen LogP contribution < -0.4 is 10.1 Å². The van der Waals surface area contributed by atoms with Crippen LogP contribution in [0.25, 0.3) is 10.6 Å². The average Bonchev–Trinajstić information content (AvgIpc) is 3.01. The molecule has 3 aromatic rings. The molecule has 1 aromatic carbocycles. The molecule has 2 heterocycles. The number of carbonyl (C=O) groups excluding carboxylic acids is 1. The zero-order valence-electron chi connectivity index (χ0n) is 14.2. The Hall–Kier alpha value is -2.73. The third-order valence-corrected chi connectivity index (χ3v) is 5.00. The molecule has 0 radical (unpaired) electrons. The number of thiazole rings is 1. The van der Waals surface area contributed by atoms with Gasteiger partial charge in [0.15, 0.2) is 0 Å². The van der Waals surface area contributed by atoms with Crippen molar-refractivity contribution in [2.75, 3.05) is 7.11 Å². The number of pyridine rings is 1. The smallest absolute Gasteiger partial charge is 0.225 e. The Morgan fingerprint density at radius 3 is 2.56 bits per heavy atom. The second-order valence-electron chi connectivity index (χ2n) is 5.57. The van der Waals surface area contributed by atoms with Crippen molar-refractivity contribution in [3.63, 3.8) is 0 Å². The Morgan fingerprint density at radius 1 is 1.16 bits per heavy atom. The minimum atomic E-state index is -0.00940. The molecule has 0 saturated carbocycles. The molecule has 0 aliphatic rings. The second-order valence-corrected chi connectivity index (χ2v) is 6.65. The van der Waals surface area contributed by atoms with E-state index in [1.54, 1.807) is 30.8 Å². The van der Waals surface area contributed by atoms with E-state index in [-0.39, 0.29) is 5.91 Å². The van der Waals surface area contributed by atoms with Gasteiger partial charge in [0, 0.05) is 29.4 Å². The van der Waals surface area contributed by atoms with Gasteiger partial charge in [-0.15, -0.1) is 11.3 Å². The van der Waals surface area contributed by atoms with Gasteiger partial charge in [0.05, 0.1) is 19.2 Å². The maximum atomic E-state index is 12.2. The molecule has 0 spiro atoms. The van der Waals surface area contributed by atoms with E-state index < -0.39 is 0 Å². The van der Waals surface area contributed by atoms with E-state index in [4.69, 9.17) is 4.74 Å². The van der Waals surface area contributed by atoms with Crippen molar-refractivity contribution in [3.05, 3.63) is 64.9 Å². The van der Waals surface area contributed by atoms with Gasteiger partial charge < -0.3 is 10.1 Å². The largest absolute Gasteiger partial charge is 0.497 e. The minimum absolute atomic E-state index is 0.00940. The quantitative estimate of drug-likeness (QED) is 0.738. The summed E-state index contributed by atoms with van der Waals surface area (Å²) in [7, 11) is 1.64. The fourth-order valence-electron chi connectivity index (χ4n) is 2.36. The number of ether oxygens (including phenoxy) is 1. The van der Waals surface area contributed by atoms with Crippen LogP contribution in [0.3, 0.4) is 0 Å². The number of aromatic nitrogens is 2. The first kappa shape index (κ1) is 17.1. The van der Waals surface area contributed by atoms with Crippen LogP contribution in [0, 0.1) is 6.92 Å². The zero-order chi connectivity index (χ0) is 17.6. The predicted molar refractivity (Wildman–Crippen MR) is 98.6 cm³/mol. The Bertz CT molecular complexity index is 845. The third-order valence-electron chi connectivity index (χ3n) is 3.79. The maximum absolute atomic E-state index is 12.2. The molecule has 0 atom stereocenters. The van der Waals surface area contributed by atoms with Crippen molar-refractivity contribution in [2.45, 2.75) is 19.9 Å². The molecule has 0 saturated heterocycles. The highest BCUT2D eigenvalue weighted by Gasteiger charge is 2.13. The van der Waals surface area contributed by atoms with E-state index in [2.05, 4.69) is 15.3 Å². The van der Waals surface area contributed by atoms with Gasteiger partial charge in [-0.25, -0.2) is 4.98 Å². The maximum Gasteiger partial charge on any atom is 0.225 e. The van der Waals surface area contributed by atoms with Gasteiger partial charge in [-0.3, -0.25) is 9.78 Å².